The number of nitrogens with one attached hydrogen (secondary N) is 1. The van der Waals surface area contributed by atoms with Gasteiger partial charge >= 0.3 is 11.9 Å². The molecular formula is C15H15BrN2O4. The maximum Gasteiger partial charge on any atom is 0.414 e. The van der Waals surface area contributed by atoms with Crippen LogP contribution in [0.4, 0.5) is 5.69 Å². The minimum atomic E-state index is -1.82. The van der Waals surface area contributed by atoms with Crippen molar-refractivity contribution >= 4 is 33.6 Å². The fourth-order valence-corrected chi connectivity index (χ4v) is 1.99. The first-order valence-electron chi connectivity index (χ1n) is 6.26. The zero-order valence-corrected chi connectivity index (χ0v) is 13.4. The van der Waals surface area contributed by atoms with E-state index in [1.54, 1.807) is 0 Å². The average molecular weight is 367 g/mol. The number of hydrogen-bond acceptors (Lipinski definition) is 4. The van der Waals surface area contributed by atoms with Crippen molar-refractivity contribution in [1.82, 2.24) is 4.98 Å². The van der Waals surface area contributed by atoms with Crippen molar-refractivity contribution in [3.05, 3.63) is 58.3 Å². The number of nitrogens with zero attached hydrogens (tertiary/aromatic N) is 1. The number of carboxylic acid groups (broad SMARTS) is 2. The van der Waals surface area contributed by atoms with Gasteiger partial charge in [0.25, 0.3) is 0 Å². The molecule has 116 valence electrons. The van der Waals surface area contributed by atoms with Gasteiger partial charge in [0.15, 0.2) is 0 Å². The van der Waals surface area contributed by atoms with E-state index >= 15 is 0 Å². The molecule has 2 rings (SSSR count). The topological polar surface area (TPSA) is 99.5 Å². The molecule has 0 saturated heterocycles. The number of benzene rings is 1. The van der Waals surface area contributed by atoms with Gasteiger partial charge in [-0.15, -0.1) is 0 Å². The highest BCUT2D eigenvalue weighted by atomic mass is 79.9. The first-order valence-corrected chi connectivity index (χ1v) is 7.05. The lowest BCUT2D eigenvalue weighted by Crippen LogP contribution is -2.09. The van der Waals surface area contributed by atoms with Crippen LogP contribution >= 0.6 is 15.9 Å². The summed E-state index contributed by atoms with van der Waals surface area (Å²) < 4.78 is 1.10. The van der Waals surface area contributed by atoms with Crippen LogP contribution in [0.25, 0.3) is 0 Å². The highest BCUT2D eigenvalue weighted by molar-refractivity contribution is 9.10. The second-order valence-electron chi connectivity index (χ2n) is 4.24. The molecule has 3 N–H and O–H groups in total. The van der Waals surface area contributed by atoms with Crippen molar-refractivity contribution < 1.29 is 19.8 Å². The minimum absolute atomic E-state index is 0.753. The first-order chi connectivity index (χ1) is 10.4. The number of pyridine rings is 1. The Kier molecular flexibility index (Phi) is 7.04. The van der Waals surface area contributed by atoms with Crippen molar-refractivity contribution in [3.63, 3.8) is 0 Å². The molecule has 1 aromatic heterocycles. The zero-order chi connectivity index (χ0) is 16.5. The highest BCUT2D eigenvalue weighted by Gasteiger charge is 2.04. The van der Waals surface area contributed by atoms with Gasteiger partial charge in [0, 0.05) is 16.4 Å². The highest BCUT2D eigenvalue weighted by Crippen LogP contribution is 2.20. The summed E-state index contributed by atoms with van der Waals surface area (Å²) in [6, 6.07) is 12.1. The zero-order valence-electron chi connectivity index (χ0n) is 11.8. The molecule has 0 atom stereocenters. The second-order valence-corrected chi connectivity index (χ2v) is 5.16. The number of anilines is 1. The number of hydrogen-bond donors (Lipinski definition) is 3. The molecule has 2 aromatic rings. The largest absolute Gasteiger partial charge is 0.473 e. The molecule has 0 aliphatic carbocycles. The molecule has 0 spiro atoms. The Morgan fingerprint density at radius 3 is 2.36 bits per heavy atom. The van der Waals surface area contributed by atoms with Gasteiger partial charge in [-0.05, 0) is 42.8 Å². The second kappa shape index (κ2) is 8.78. The summed E-state index contributed by atoms with van der Waals surface area (Å²) in [6.07, 6.45) is 1.81. The van der Waals surface area contributed by atoms with Crippen LogP contribution in [0.1, 0.15) is 11.3 Å². The summed E-state index contributed by atoms with van der Waals surface area (Å²) in [5.74, 6) is -3.65. The summed E-state index contributed by atoms with van der Waals surface area (Å²) in [5, 5.41) is 18.2. The quantitative estimate of drug-likeness (QED) is 0.722. The van der Waals surface area contributed by atoms with Gasteiger partial charge in [0.2, 0.25) is 0 Å². The van der Waals surface area contributed by atoms with Crippen LogP contribution in [0.5, 0.6) is 0 Å². The Bertz CT molecular complexity index is 635. The molecule has 0 amide bonds. The van der Waals surface area contributed by atoms with Crippen LogP contribution in [0.2, 0.25) is 0 Å². The van der Waals surface area contributed by atoms with E-state index in [-0.39, 0.29) is 0 Å². The number of aryl methyl sites for hydroxylation is 1. The third-order valence-electron chi connectivity index (χ3n) is 2.56. The summed E-state index contributed by atoms with van der Waals surface area (Å²) in [7, 11) is 0. The lowest BCUT2D eigenvalue weighted by atomic mass is 10.2. The molecule has 0 saturated carbocycles. The Morgan fingerprint density at radius 1 is 1.18 bits per heavy atom. The summed E-state index contributed by atoms with van der Waals surface area (Å²) in [4.78, 5) is 22.5. The number of carboxylic acids is 2. The van der Waals surface area contributed by atoms with E-state index in [0.717, 1.165) is 22.4 Å². The van der Waals surface area contributed by atoms with E-state index in [9.17, 15) is 0 Å². The molecule has 0 radical (unpaired) electrons. The standard InChI is InChI=1S/C13H13BrN2.C2H2O4/c1-10-8-11(14)5-6-13(10)16-9-12-4-2-3-7-15-12;3-1(4)2(5)6/h2-8,16H,9H2,1H3;(H,3,4)(H,5,6). The third-order valence-corrected chi connectivity index (χ3v) is 3.05. The molecule has 0 unspecified atom stereocenters. The fraction of sp³-hybridized carbons (Fsp3) is 0.133. The SMILES string of the molecule is Cc1cc(Br)ccc1NCc1ccccn1.O=C(O)C(=O)O. The predicted molar refractivity (Wildman–Crippen MR) is 85.7 cm³/mol. The fourth-order valence-electron chi connectivity index (χ4n) is 1.51. The summed E-state index contributed by atoms with van der Waals surface area (Å²) in [6.45, 7) is 2.84. The van der Waals surface area contributed by atoms with Crippen LogP contribution in [0, 0.1) is 6.92 Å². The molecule has 1 heterocycles. The lowest BCUT2D eigenvalue weighted by Gasteiger charge is -2.09. The number of carbonyl (C=O) groups is 2. The van der Waals surface area contributed by atoms with E-state index in [0.29, 0.717) is 0 Å². The van der Waals surface area contributed by atoms with E-state index in [1.807, 2.05) is 30.5 Å². The van der Waals surface area contributed by atoms with Gasteiger partial charge < -0.3 is 15.5 Å². The average Bonchev–Trinajstić information content (AvgIpc) is 2.48. The van der Waals surface area contributed by atoms with Crippen molar-refractivity contribution in [2.75, 3.05) is 5.32 Å². The van der Waals surface area contributed by atoms with Gasteiger partial charge in [-0.25, -0.2) is 9.59 Å². The maximum absolute atomic E-state index is 9.10. The Labute approximate surface area is 136 Å². The molecule has 6 nitrogen and oxygen atoms in total. The van der Waals surface area contributed by atoms with Crippen molar-refractivity contribution in [3.8, 4) is 0 Å². The molecule has 0 aliphatic heterocycles. The van der Waals surface area contributed by atoms with E-state index < -0.39 is 11.9 Å². The number of aromatic nitrogens is 1. The summed E-state index contributed by atoms with van der Waals surface area (Å²) in [5.41, 5.74) is 3.42. The Morgan fingerprint density at radius 2 is 1.86 bits per heavy atom. The third kappa shape index (κ3) is 6.36. The Hall–Kier alpha value is -2.41. The van der Waals surface area contributed by atoms with E-state index in [1.165, 1.54) is 5.56 Å². The van der Waals surface area contributed by atoms with E-state index in [4.69, 9.17) is 19.8 Å². The first kappa shape index (κ1) is 17.6. The van der Waals surface area contributed by atoms with Gasteiger partial charge in [0.05, 0.1) is 12.2 Å². The molecule has 22 heavy (non-hydrogen) atoms. The monoisotopic (exact) mass is 366 g/mol. The van der Waals surface area contributed by atoms with Crippen molar-refractivity contribution in [2.45, 2.75) is 13.5 Å². The minimum Gasteiger partial charge on any atom is -0.473 e. The van der Waals surface area contributed by atoms with E-state index in [2.05, 4.69) is 45.3 Å². The molecule has 0 fully saturated rings. The summed E-state index contributed by atoms with van der Waals surface area (Å²) >= 11 is 3.45. The smallest absolute Gasteiger partial charge is 0.414 e. The molecular weight excluding hydrogens is 352 g/mol. The normalized spacial score (nSPS) is 9.36. The number of aliphatic carboxylic acids is 2. The molecule has 1 aromatic carbocycles. The molecule has 0 aliphatic rings. The van der Waals surface area contributed by atoms with Gasteiger partial charge in [-0.2, -0.15) is 0 Å². The van der Waals surface area contributed by atoms with Crippen molar-refractivity contribution in [1.29, 1.82) is 0 Å². The lowest BCUT2D eigenvalue weighted by molar-refractivity contribution is -0.159. The van der Waals surface area contributed by atoms with Crippen LogP contribution in [-0.4, -0.2) is 27.1 Å². The van der Waals surface area contributed by atoms with Crippen LogP contribution in [0.15, 0.2) is 47.1 Å². The number of halogens is 1. The van der Waals surface area contributed by atoms with Crippen LogP contribution < -0.4 is 5.32 Å². The van der Waals surface area contributed by atoms with Gasteiger partial charge in [0.1, 0.15) is 0 Å². The van der Waals surface area contributed by atoms with Crippen molar-refractivity contribution in [2.24, 2.45) is 0 Å². The predicted octanol–water partition coefficient (Wildman–Crippen LogP) is 2.92. The molecule has 7 heteroatoms. The van der Waals surface area contributed by atoms with Gasteiger partial charge in [-0.1, -0.05) is 22.0 Å². The van der Waals surface area contributed by atoms with Crippen LogP contribution in [-0.2, 0) is 16.1 Å². The Balaban J connectivity index is 0.000000346. The molecule has 0 bridgehead atoms. The maximum atomic E-state index is 9.10. The van der Waals surface area contributed by atoms with Gasteiger partial charge in [-0.3, -0.25) is 4.98 Å². The number of rotatable bonds is 3. The van der Waals surface area contributed by atoms with Crippen LogP contribution in [0.3, 0.4) is 0 Å².